The molecule has 9 nitrogen and oxygen atoms in total. The summed E-state index contributed by atoms with van der Waals surface area (Å²) >= 11 is 0. The predicted molar refractivity (Wildman–Crippen MR) is 104 cm³/mol. The first-order valence-corrected chi connectivity index (χ1v) is 9.31. The van der Waals surface area contributed by atoms with Gasteiger partial charge in [-0.25, -0.2) is 18.9 Å². The molecule has 0 bridgehead atoms. The van der Waals surface area contributed by atoms with Gasteiger partial charge in [-0.1, -0.05) is 0 Å². The Balaban J connectivity index is 1.61. The topological polar surface area (TPSA) is 98.8 Å². The van der Waals surface area contributed by atoms with Crippen LogP contribution >= 0.6 is 0 Å². The standard InChI is InChI=1S/C20H15FN8O/c1-10-14-15(12-7-23-28(2)8-12)16-18-24-17(11-3-5-13(21)6-4-11)27-29(18)9-22-19(16)30-20(14)26-25-10/h3-9,15H,1-2H3,(H,25,26). The highest BCUT2D eigenvalue weighted by Crippen LogP contribution is 2.48. The molecule has 10 heteroatoms. The van der Waals surface area contributed by atoms with Crippen LogP contribution in [0.15, 0.2) is 43.0 Å². The van der Waals surface area contributed by atoms with Gasteiger partial charge in [-0.15, -0.1) is 10.2 Å². The first-order chi connectivity index (χ1) is 14.6. The predicted octanol–water partition coefficient (Wildman–Crippen LogP) is 2.98. The monoisotopic (exact) mass is 402 g/mol. The van der Waals surface area contributed by atoms with Crippen LogP contribution in [0, 0.1) is 12.7 Å². The zero-order valence-corrected chi connectivity index (χ0v) is 16.0. The minimum atomic E-state index is -0.311. The van der Waals surface area contributed by atoms with Crippen molar-refractivity contribution in [1.29, 1.82) is 0 Å². The van der Waals surface area contributed by atoms with Crippen molar-refractivity contribution in [3.05, 3.63) is 71.2 Å². The van der Waals surface area contributed by atoms with Crippen molar-refractivity contribution in [2.45, 2.75) is 12.8 Å². The van der Waals surface area contributed by atoms with E-state index in [0.717, 1.165) is 22.4 Å². The van der Waals surface area contributed by atoms with Gasteiger partial charge in [-0.05, 0) is 31.2 Å². The summed E-state index contributed by atoms with van der Waals surface area (Å²) in [5.74, 6) is 0.856. The largest absolute Gasteiger partial charge is 0.418 e. The number of ether oxygens (including phenoxy) is 1. The highest BCUT2D eigenvalue weighted by Gasteiger charge is 2.37. The van der Waals surface area contributed by atoms with Gasteiger partial charge in [0.05, 0.1) is 17.7 Å². The fraction of sp³-hybridized carbons (Fsp3) is 0.150. The molecule has 0 amide bonds. The number of aromatic amines is 1. The lowest BCUT2D eigenvalue weighted by atomic mass is 9.86. The van der Waals surface area contributed by atoms with Crippen molar-refractivity contribution in [2.24, 2.45) is 7.05 Å². The minimum absolute atomic E-state index is 0.224. The number of H-pyrrole nitrogens is 1. The maximum absolute atomic E-state index is 13.3. The normalized spacial score (nSPS) is 15.1. The second kappa shape index (κ2) is 5.96. The quantitative estimate of drug-likeness (QED) is 0.478. The molecule has 1 aromatic carbocycles. The van der Waals surface area contributed by atoms with Crippen LogP contribution in [0.4, 0.5) is 4.39 Å². The summed E-state index contributed by atoms with van der Waals surface area (Å²) in [4.78, 5) is 9.20. The summed E-state index contributed by atoms with van der Waals surface area (Å²) < 4.78 is 22.7. The molecular formula is C20H15FN8O. The van der Waals surface area contributed by atoms with Crippen LogP contribution in [0.1, 0.15) is 28.3 Å². The number of aryl methyl sites for hydroxylation is 2. The van der Waals surface area contributed by atoms with Gasteiger partial charge in [0, 0.05) is 35.6 Å². The maximum atomic E-state index is 13.3. The first kappa shape index (κ1) is 16.8. The Bertz CT molecular complexity index is 1410. The van der Waals surface area contributed by atoms with Gasteiger partial charge in [0.15, 0.2) is 11.5 Å². The summed E-state index contributed by atoms with van der Waals surface area (Å²) in [7, 11) is 1.87. The lowest BCUT2D eigenvalue weighted by Crippen LogP contribution is -2.14. The first-order valence-electron chi connectivity index (χ1n) is 9.31. The fourth-order valence-corrected chi connectivity index (χ4v) is 3.91. The molecule has 0 spiro atoms. The second-order valence-corrected chi connectivity index (χ2v) is 7.22. The van der Waals surface area contributed by atoms with Crippen LogP contribution in [0.3, 0.4) is 0 Å². The molecule has 0 saturated carbocycles. The van der Waals surface area contributed by atoms with Crippen LogP contribution in [0.2, 0.25) is 0 Å². The third-order valence-electron chi connectivity index (χ3n) is 5.28. The van der Waals surface area contributed by atoms with Gasteiger partial charge >= 0.3 is 0 Å². The molecule has 0 radical (unpaired) electrons. The van der Waals surface area contributed by atoms with Crippen LogP contribution in [-0.2, 0) is 7.05 Å². The molecule has 0 aliphatic carbocycles. The molecular weight excluding hydrogens is 387 g/mol. The maximum Gasteiger partial charge on any atom is 0.244 e. The lowest BCUT2D eigenvalue weighted by Gasteiger charge is -2.24. The number of fused-ring (bicyclic) bond motifs is 4. The Labute approximate surface area is 169 Å². The molecule has 30 heavy (non-hydrogen) atoms. The second-order valence-electron chi connectivity index (χ2n) is 7.22. The van der Waals surface area contributed by atoms with Crippen molar-refractivity contribution in [3.63, 3.8) is 0 Å². The zero-order chi connectivity index (χ0) is 20.4. The molecule has 1 aliphatic rings. The number of nitrogens with zero attached hydrogens (tertiary/aromatic N) is 7. The summed E-state index contributed by atoms with van der Waals surface area (Å²) in [6, 6.07) is 6.07. The van der Waals surface area contributed by atoms with E-state index in [9.17, 15) is 4.39 Å². The van der Waals surface area contributed by atoms with Crippen LogP contribution in [-0.4, -0.2) is 39.6 Å². The summed E-state index contributed by atoms with van der Waals surface area (Å²) in [6.07, 6.45) is 5.33. The molecule has 0 saturated heterocycles. The summed E-state index contributed by atoms with van der Waals surface area (Å²) in [6.45, 7) is 1.95. The van der Waals surface area contributed by atoms with Gasteiger partial charge < -0.3 is 4.74 Å². The molecule has 148 valence electrons. The molecule has 1 N–H and O–H groups in total. The van der Waals surface area contributed by atoms with Crippen LogP contribution < -0.4 is 4.74 Å². The molecule has 6 rings (SSSR count). The lowest BCUT2D eigenvalue weighted by molar-refractivity contribution is 0.416. The van der Waals surface area contributed by atoms with Gasteiger partial charge in [0.25, 0.3) is 0 Å². The van der Waals surface area contributed by atoms with Gasteiger partial charge in [-0.3, -0.25) is 9.78 Å². The molecule has 1 unspecified atom stereocenters. The van der Waals surface area contributed by atoms with E-state index >= 15 is 0 Å². The third-order valence-corrected chi connectivity index (χ3v) is 5.28. The molecule has 1 atom stereocenters. The van der Waals surface area contributed by atoms with Crippen molar-refractivity contribution >= 4 is 5.65 Å². The molecule has 0 fully saturated rings. The van der Waals surface area contributed by atoms with E-state index < -0.39 is 0 Å². The van der Waals surface area contributed by atoms with E-state index in [1.165, 1.54) is 12.1 Å². The van der Waals surface area contributed by atoms with E-state index in [1.54, 1.807) is 27.7 Å². The highest BCUT2D eigenvalue weighted by atomic mass is 19.1. The average molecular weight is 402 g/mol. The van der Waals surface area contributed by atoms with E-state index in [1.807, 2.05) is 26.4 Å². The number of hydrogen-bond acceptors (Lipinski definition) is 6. The number of benzene rings is 1. The fourth-order valence-electron chi connectivity index (χ4n) is 3.91. The Morgan fingerprint density at radius 1 is 1.13 bits per heavy atom. The summed E-state index contributed by atoms with van der Waals surface area (Å²) in [5.41, 5.74) is 4.88. The number of nitrogens with one attached hydrogen (secondary N) is 1. The van der Waals surface area contributed by atoms with Gasteiger partial charge in [-0.2, -0.15) is 5.10 Å². The molecule has 5 heterocycles. The average Bonchev–Trinajstić information content (AvgIpc) is 3.45. The Morgan fingerprint density at radius 3 is 2.73 bits per heavy atom. The van der Waals surface area contributed by atoms with Gasteiger partial charge in [0.1, 0.15) is 12.1 Å². The number of halogens is 1. The van der Waals surface area contributed by atoms with Crippen LogP contribution in [0.5, 0.6) is 11.8 Å². The van der Waals surface area contributed by atoms with Crippen molar-refractivity contribution in [3.8, 4) is 23.1 Å². The number of aromatic nitrogens is 8. The third kappa shape index (κ3) is 2.36. The van der Waals surface area contributed by atoms with E-state index in [-0.39, 0.29) is 11.7 Å². The SMILES string of the molecule is Cc1[nH]nc2c1C(c1cnn(C)c1)c1c(ncn3nc(-c4ccc(F)cc4)nc13)O2. The molecule has 5 aromatic rings. The summed E-state index contributed by atoms with van der Waals surface area (Å²) in [5, 5.41) is 16.2. The van der Waals surface area contributed by atoms with E-state index in [4.69, 9.17) is 9.72 Å². The van der Waals surface area contributed by atoms with Crippen LogP contribution in [0.25, 0.3) is 17.0 Å². The Hall–Kier alpha value is -4.08. The Morgan fingerprint density at radius 2 is 1.97 bits per heavy atom. The van der Waals surface area contributed by atoms with Crippen molar-refractivity contribution in [2.75, 3.05) is 0 Å². The van der Waals surface area contributed by atoms with E-state index in [0.29, 0.717) is 28.8 Å². The zero-order valence-electron chi connectivity index (χ0n) is 16.0. The molecule has 4 aromatic heterocycles. The van der Waals surface area contributed by atoms with Crippen molar-refractivity contribution < 1.29 is 9.13 Å². The molecule has 1 aliphatic heterocycles. The number of rotatable bonds is 2. The van der Waals surface area contributed by atoms with E-state index in [2.05, 4.69) is 25.4 Å². The highest BCUT2D eigenvalue weighted by molar-refractivity contribution is 5.67. The number of hydrogen-bond donors (Lipinski definition) is 1. The van der Waals surface area contributed by atoms with Gasteiger partial charge in [0.2, 0.25) is 11.8 Å². The van der Waals surface area contributed by atoms with Crippen molar-refractivity contribution in [1.82, 2.24) is 39.6 Å². The minimum Gasteiger partial charge on any atom is -0.418 e. The smallest absolute Gasteiger partial charge is 0.244 e. The Kier molecular flexibility index (Phi) is 3.34.